The molecule has 2 aromatic heterocycles. The Labute approximate surface area is 188 Å². The third-order valence-corrected chi connectivity index (χ3v) is 6.14. The molecule has 31 heavy (non-hydrogen) atoms. The Bertz CT molecular complexity index is 1120. The van der Waals surface area contributed by atoms with Crippen LogP contribution in [0, 0.1) is 0 Å². The van der Waals surface area contributed by atoms with Crippen LogP contribution in [-0.2, 0) is 4.79 Å². The molecule has 2 atom stereocenters. The van der Waals surface area contributed by atoms with Crippen molar-refractivity contribution in [1.82, 2.24) is 19.7 Å². The van der Waals surface area contributed by atoms with E-state index < -0.39 is 5.25 Å². The smallest absolute Gasteiger partial charge is 0.239 e. The Morgan fingerprint density at radius 3 is 2.45 bits per heavy atom. The van der Waals surface area contributed by atoms with Gasteiger partial charge in [-0.2, -0.15) is 0 Å². The van der Waals surface area contributed by atoms with E-state index in [1.54, 1.807) is 6.20 Å². The fourth-order valence-corrected chi connectivity index (χ4v) is 4.31. The van der Waals surface area contributed by atoms with Crippen molar-refractivity contribution in [3.05, 3.63) is 78.1 Å². The van der Waals surface area contributed by atoms with Crippen LogP contribution < -0.4 is 10.1 Å². The minimum atomic E-state index is -0.395. The first-order valence-electron chi connectivity index (χ1n) is 9.71. The van der Waals surface area contributed by atoms with Crippen LogP contribution in [0.25, 0.3) is 5.69 Å². The number of anilines is 1. The Morgan fingerprint density at radius 1 is 1.06 bits per heavy atom. The highest BCUT2D eigenvalue weighted by molar-refractivity contribution is 8.00. The van der Waals surface area contributed by atoms with Crippen LogP contribution in [0.4, 0.5) is 5.13 Å². The Balaban J connectivity index is 1.59. The average Bonchev–Trinajstić information content (AvgIpc) is 3.45. The third-order valence-electron chi connectivity index (χ3n) is 4.41. The molecular formula is C22H21N5O2S2. The first-order chi connectivity index (χ1) is 15.1. The molecule has 0 aliphatic heterocycles. The van der Waals surface area contributed by atoms with Gasteiger partial charge >= 0.3 is 0 Å². The van der Waals surface area contributed by atoms with Crippen molar-refractivity contribution in [2.75, 3.05) is 5.32 Å². The number of nitrogens with one attached hydrogen (secondary N) is 1. The van der Waals surface area contributed by atoms with Crippen LogP contribution in [0.15, 0.2) is 77.4 Å². The molecule has 4 rings (SSSR count). The highest BCUT2D eigenvalue weighted by Gasteiger charge is 2.24. The summed E-state index contributed by atoms with van der Waals surface area (Å²) in [5.74, 6) is 1.27. The number of ether oxygens (including phenoxy) is 1. The summed E-state index contributed by atoms with van der Waals surface area (Å²) in [7, 11) is 0. The molecule has 0 aliphatic carbocycles. The Morgan fingerprint density at radius 2 is 1.77 bits per heavy atom. The molecule has 2 aromatic carbocycles. The number of hydrogen-bond acceptors (Lipinski definition) is 7. The molecule has 9 heteroatoms. The standard InChI is InChI=1S/C22H21N5O2S2/c1-15(29-18-11-7-4-8-12-18)19-25-26-22(27(19)17-9-5-3-6-10-17)31-16(2)20(28)24-21-23-13-14-30-21/h3-16H,1-2H3,(H,23,24,28)/t15-,16+/m0/s1. The zero-order valence-electron chi connectivity index (χ0n) is 17.0. The summed E-state index contributed by atoms with van der Waals surface area (Å²) in [6.45, 7) is 3.77. The third kappa shape index (κ3) is 5.12. The van der Waals surface area contributed by atoms with Gasteiger partial charge in [0.2, 0.25) is 5.91 Å². The van der Waals surface area contributed by atoms with Gasteiger partial charge in [0.15, 0.2) is 22.2 Å². The van der Waals surface area contributed by atoms with Crippen molar-refractivity contribution in [3.63, 3.8) is 0 Å². The van der Waals surface area contributed by atoms with Crippen molar-refractivity contribution < 1.29 is 9.53 Å². The van der Waals surface area contributed by atoms with Crippen molar-refractivity contribution in [2.45, 2.75) is 30.4 Å². The molecule has 2 heterocycles. The molecule has 0 saturated heterocycles. The van der Waals surface area contributed by atoms with E-state index in [2.05, 4.69) is 20.5 Å². The summed E-state index contributed by atoms with van der Waals surface area (Å²) < 4.78 is 8.02. The Hall–Kier alpha value is -3.17. The lowest BCUT2D eigenvalue weighted by molar-refractivity contribution is -0.115. The summed E-state index contributed by atoms with van der Waals surface area (Å²) in [5, 5.41) is 14.2. The lowest BCUT2D eigenvalue weighted by Crippen LogP contribution is -2.23. The van der Waals surface area contributed by atoms with E-state index >= 15 is 0 Å². The predicted molar refractivity (Wildman–Crippen MR) is 123 cm³/mol. The molecule has 4 aromatic rings. The molecule has 1 N–H and O–H groups in total. The van der Waals surface area contributed by atoms with Gasteiger partial charge in [0.1, 0.15) is 5.75 Å². The molecule has 1 amide bonds. The van der Waals surface area contributed by atoms with E-state index in [9.17, 15) is 4.79 Å². The van der Waals surface area contributed by atoms with Crippen LogP contribution in [0.2, 0.25) is 0 Å². The maximum Gasteiger partial charge on any atom is 0.239 e. The van der Waals surface area contributed by atoms with Crippen molar-refractivity contribution in [2.24, 2.45) is 0 Å². The van der Waals surface area contributed by atoms with Gasteiger partial charge in [-0.25, -0.2) is 4.98 Å². The van der Waals surface area contributed by atoms with Gasteiger partial charge in [0, 0.05) is 17.3 Å². The molecule has 0 fully saturated rings. The maximum atomic E-state index is 12.6. The van der Waals surface area contributed by atoms with E-state index in [0.29, 0.717) is 16.1 Å². The van der Waals surface area contributed by atoms with Crippen LogP contribution in [-0.4, -0.2) is 30.9 Å². The van der Waals surface area contributed by atoms with Gasteiger partial charge in [-0.3, -0.25) is 9.36 Å². The second-order valence-electron chi connectivity index (χ2n) is 6.67. The number of nitrogens with zero attached hydrogens (tertiary/aromatic N) is 4. The molecule has 7 nitrogen and oxygen atoms in total. The largest absolute Gasteiger partial charge is 0.483 e. The SMILES string of the molecule is C[C@H](Oc1ccccc1)c1nnc(S[C@H](C)C(=O)Nc2nccs2)n1-c1ccccc1. The molecule has 0 saturated carbocycles. The van der Waals surface area contributed by atoms with Crippen molar-refractivity contribution in [3.8, 4) is 11.4 Å². The van der Waals surface area contributed by atoms with Gasteiger partial charge in [-0.1, -0.05) is 48.2 Å². The number of aromatic nitrogens is 4. The van der Waals surface area contributed by atoms with Crippen LogP contribution >= 0.6 is 23.1 Å². The number of rotatable bonds is 8. The number of amides is 1. The van der Waals surface area contributed by atoms with Gasteiger partial charge in [-0.15, -0.1) is 21.5 Å². The first-order valence-corrected chi connectivity index (χ1v) is 11.5. The summed E-state index contributed by atoms with van der Waals surface area (Å²) in [4.78, 5) is 16.7. The normalized spacial score (nSPS) is 12.8. The number of carbonyl (C=O) groups excluding carboxylic acids is 1. The molecule has 0 radical (unpaired) electrons. The quantitative estimate of drug-likeness (QED) is 0.380. The molecule has 0 bridgehead atoms. The highest BCUT2D eigenvalue weighted by Crippen LogP contribution is 2.30. The van der Waals surface area contributed by atoms with Gasteiger partial charge in [0.05, 0.1) is 5.25 Å². The van der Waals surface area contributed by atoms with Gasteiger partial charge in [0.25, 0.3) is 0 Å². The maximum absolute atomic E-state index is 12.6. The van der Waals surface area contributed by atoms with Crippen LogP contribution in [0.3, 0.4) is 0 Å². The monoisotopic (exact) mass is 451 g/mol. The fourth-order valence-electron chi connectivity index (χ4n) is 2.90. The van der Waals surface area contributed by atoms with E-state index in [0.717, 1.165) is 11.4 Å². The average molecular weight is 452 g/mol. The topological polar surface area (TPSA) is 81.9 Å². The predicted octanol–water partition coefficient (Wildman–Crippen LogP) is 4.98. The minimum absolute atomic E-state index is 0.141. The Kier molecular flexibility index (Phi) is 6.63. The van der Waals surface area contributed by atoms with Gasteiger partial charge in [-0.05, 0) is 38.1 Å². The lowest BCUT2D eigenvalue weighted by atomic mass is 10.3. The van der Waals surface area contributed by atoms with E-state index in [1.807, 2.05) is 84.5 Å². The van der Waals surface area contributed by atoms with E-state index in [4.69, 9.17) is 4.74 Å². The molecule has 0 unspecified atom stereocenters. The number of carbonyl (C=O) groups is 1. The van der Waals surface area contributed by atoms with E-state index in [-0.39, 0.29) is 12.0 Å². The van der Waals surface area contributed by atoms with Crippen molar-refractivity contribution in [1.29, 1.82) is 0 Å². The minimum Gasteiger partial charge on any atom is -0.483 e. The number of benzene rings is 2. The van der Waals surface area contributed by atoms with Crippen LogP contribution in [0.1, 0.15) is 25.8 Å². The summed E-state index contributed by atoms with van der Waals surface area (Å²) in [5.41, 5.74) is 0.904. The zero-order valence-corrected chi connectivity index (χ0v) is 18.6. The number of para-hydroxylation sites is 2. The van der Waals surface area contributed by atoms with Crippen molar-refractivity contribution >= 4 is 34.1 Å². The number of thioether (sulfide) groups is 1. The molecular weight excluding hydrogens is 430 g/mol. The van der Waals surface area contributed by atoms with Gasteiger partial charge < -0.3 is 10.1 Å². The lowest BCUT2D eigenvalue weighted by Gasteiger charge is -2.17. The molecule has 158 valence electrons. The second kappa shape index (κ2) is 9.76. The van der Waals surface area contributed by atoms with E-state index in [1.165, 1.54) is 23.1 Å². The zero-order chi connectivity index (χ0) is 21.6. The first kappa shape index (κ1) is 21.1. The summed E-state index contributed by atoms with van der Waals surface area (Å²) in [6.07, 6.45) is 1.31. The summed E-state index contributed by atoms with van der Waals surface area (Å²) in [6, 6.07) is 19.4. The highest BCUT2D eigenvalue weighted by atomic mass is 32.2. The second-order valence-corrected chi connectivity index (χ2v) is 8.87. The number of thiazole rings is 1. The number of hydrogen-bond donors (Lipinski definition) is 1. The molecule has 0 spiro atoms. The van der Waals surface area contributed by atoms with Crippen LogP contribution in [0.5, 0.6) is 5.75 Å². The molecule has 0 aliphatic rings. The fraction of sp³-hybridized carbons (Fsp3) is 0.182. The summed E-state index contributed by atoms with van der Waals surface area (Å²) >= 11 is 2.72.